The van der Waals surface area contributed by atoms with Crippen molar-refractivity contribution in [3.8, 4) is 0 Å². The number of anilines is 2. The zero-order valence-electron chi connectivity index (χ0n) is 11.0. The Labute approximate surface area is 107 Å². The predicted molar refractivity (Wildman–Crippen MR) is 71.3 cm³/mol. The number of methoxy groups -OCH3 is 1. The molecule has 0 aromatic heterocycles. The van der Waals surface area contributed by atoms with Gasteiger partial charge < -0.3 is 20.9 Å². The molecule has 0 bridgehead atoms. The van der Waals surface area contributed by atoms with Crippen molar-refractivity contribution in [2.24, 2.45) is 0 Å². The van der Waals surface area contributed by atoms with Crippen molar-refractivity contribution in [1.29, 1.82) is 0 Å². The number of esters is 1. The van der Waals surface area contributed by atoms with Crippen LogP contribution in [0, 0.1) is 0 Å². The molecule has 0 heterocycles. The van der Waals surface area contributed by atoms with E-state index in [9.17, 15) is 4.79 Å². The Kier molecular flexibility index (Phi) is 4.55. The highest BCUT2D eigenvalue weighted by Gasteiger charge is 2.18. The Hall–Kier alpha value is -1.75. The van der Waals surface area contributed by atoms with Crippen LogP contribution in [0.1, 0.15) is 30.6 Å². The van der Waals surface area contributed by atoms with E-state index in [4.69, 9.17) is 20.9 Å². The van der Waals surface area contributed by atoms with Gasteiger partial charge in [0.2, 0.25) is 0 Å². The monoisotopic (exact) mass is 252 g/mol. The van der Waals surface area contributed by atoms with Gasteiger partial charge in [0, 0.05) is 24.9 Å². The van der Waals surface area contributed by atoms with Crippen molar-refractivity contribution in [3.05, 3.63) is 23.8 Å². The summed E-state index contributed by atoms with van der Waals surface area (Å²) in [6, 6.07) is 4.72. The molecule has 0 spiro atoms. The normalized spacial score (nSPS) is 11.3. The summed E-state index contributed by atoms with van der Waals surface area (Å²) in [7, 11) is 1.62. The van der Waals surface area contributed by atoms with E-state index in [-0.39, 0.29) is 12.2 Å². The topological polar surface area (TPSA) is 87.6 Å². The number of ether oxygens (including phenoxy) is 2. The van der Waals surface area contributed by atoms with E-state index in [1.165, 1.54) is 6.07 Å². The number of nitrogens with two attached hydrogens (primary N) is 2. The van der Waals surface area contributed by atoms with Gasteiger partial charge in [0.25, 0.3) is 0 Å². The molecule has 0 unspecified atom stereocenters. The van der Waals surface area contributed by atoms with Crippen LogP contribution in [0.5, 0.6) is 0 Å². The van der Waals surface area contributed by atoms with E-state index >= 15 is 0 Å². The maximum Gasteiger partial charge on any atom is 0.340 e. The van der Waals surface area contributed by atoms with Crippen LogP contribution >= 0.6 is 0 Å². The highest BCUT2D eigenvalue weighted by Crippen LogP contribution is 2.18. The first-order chi connectivity index (χ1) is 8.35. The molecule has 5 nitrogen and oxygen atoms in total. The van der Waals surface area contributed by atoms with Crippen molar-refractivity contribution in [2.75, 3.05) is 25.2 Å². The van der Waals surface area contributed by atoms with Gasteiger partial charge in [-0.1, -0.05) is 0 Å². The molecule has 0 radical (unpaired) electrons. The maximum atomic E-state index is 11.8. The van der Waals surface area contributed by atoms with Gasteiger partial charge in [-0.3, -0.25) is 0 Å². The van der Waals surface area contributed by atoms with Crippen LogP contribution in [-0.4, -0.2) is 25.3 Å². The predicted octanol–water partition coefficient (Wildman–Crippen LogP) is 1.82. The molecule has 0 aliphatic rings. The third-order valence-corrected chi connectivity index (χ3v) is 2.79. The average molecular weight is 252 g/mol. The van der Waals surface area contributed by atoms with Gasteiger partial charge in [0.1, 0.15) is 0 Å². The lowest BCUT2D eigenvalue weighted by atomic mass is 10.1. The summed E-state index contributed by atoms with van der Waals surface area (Å²) in [4.78, 5) is 11.8. The highest BCUT2D eigenvalue weighted by atomic mass is 16.5. The smallest absolute Gasteiger partial charge is 0.340 e. The Balaban J connectivity index is 2.56. The molecule has 0 atom stereocenters. The molecule has 1 rings (SSSR count). The highest BCUT2D eigenvalue weighted by molar-refractivity contribution is 5.95. The summed E-state index contributed by atoms with van der Waals surface area (Å²) in [5, 5.41) is 0. The van der Waals surface area contributed by atoms with Gasteiger partial charge in [0.15, 0.2) is 0 Å². The standard InChI is InChI=1S/C13H20N2O3/c1-13(2,17-3)6-7-18-12(16)10-5-4-9(14)8-11(10)15/h4-5,8H,6-7,14-15H2,1-3H3. The molecule has 0 saturated heterocycles. The third kappa shape index (κ3) is 3.92. The van der Waals surface area contributed by atoms with Crippen LogP contribution < -0.4 is 11.5 Å². The minimum Gasteiger partial charge on any atom is -0.462 e. The van der Waals surface area contributed by atoms with Gasteiger partial charge in [0.05, 0.1) is 17.8 Å². The molecule has 0 aliphatic heterocycles. The largest absolute Gasteiger partial charge is 0.462 e. The molecule has 0 fully saturated rings. The van der Waals surface area contributed by atoms with E-state index in [1.54, 1.807) is 19.2 Å². The Morgan fingerprint density at radius 2 is 2.00 bits per heavy atom. The van der Waals surface area contributed by atoms with Crippen LogP contribution in [0.25, 0.3) is 0 Å². The van der Waals surface area contributed by atoms with Crippen molar-refractivity contribution in [3.63, 3.8) is 0 Å². The summed E-state index contributed by atoms with van der Waals surface area (Å²) in [6.45, 7) is 4.14. The fourth-order valence-electron chi connectivity index (χ4n) is 1.34. The van der Waals surface area contributed by atoms with Gasteiger partial charge in [-0.05, 0) is 32.0 Å². The second-order valence-corrected chi connectivity index (χ2v) is 4.70. The lowest BCUT2D eigenvalue weighted by Gasteiger charge is -2.22. The minimum absolute atomic E-state index is 0.281. The number of hydrogen-bond acceptors (Lipinski definition) is 5. The van der Waals surface area contributed by atoms with Crippen LogP contribution in [0.15, 0.2) is 18.2 Å². The van der Waals surface area contributed by atoms with E-state index in [2.05, 4.69) is 0 Å². The Morgan fingerprint density at radius 1 is 1.33 bits per heavy atom. The number of rotatable bonds is 5. The van der Waals surface area contributed by atoms with Gasteiger partial charge in [-0.25, -0.2) is 4.79 Å². The van der Waals surface area contributed by atoms with Crippen molar-refractivity contribution in [1.82, 2.24) is 0 Å². The zero-order chi connectivity index (χ0) is 13.8. The molecule has 4 N–H and O–H groups in total. The fourth-order valence-corrected chi connectivity index (χ4v) is 1.34. The maximum absolute atomic E-state index is 11.8. The molecule has 100 valence electrons. The first kappa shape index (κ1) is 14.3. The lowest BCUT2D eigenvalue weighted by Crippen LogP contribution is -2.25. The molecule has 0 aliphatic carbocycles. The summed E-state index contributed by atoms with van der Waals surface area (Å²) in [5.41, 5.74) is 12.1. The molecule has 5 heteroatoms. The van der Waals surface area contributed by atoms with Crippen molar-refractivity contribution in [2.45, 2.75) is 25.9 Å². The van der Waals surface area contributed by atoms with Crippen LogP contribution in [0.3, 0.4) is 0 Å². The van der Waals surface area contributed by atoms with E-state index in [0.717, 1.165) is 0 Å². The molecular weight excluding hydrogens is 232 g/mol. The summed E-state index contributed by atoms with van der Waals surface area (Å²) in [6.07, 6.45) is 0.615. The minimum atomic E-state index is -0.445. The van der Waals surface area contributed by atoms with Gasteiger partial charge in [-0.2, -0.15) is 0 Å². The number of carbonyl (C=O) groups excluding carboxylic acids is 1. The SMILES string of the molecule is COC(C)(C)CCOC(=O)c1ccc(N)cc1N. The number of hydrogen-bond donors (Lipinski definition) is 2. The average Bonchev–Trinajstić information content (AvgIpc) is 2.28. The van der Waals surface area contributed by atoms with Gasteiger partial charge >= 0.3 is 5.97 Å². The van der Waals surface area contributed by atoms with E-state index in [1.807, 2.05) is 13.8 Å². The Morgan fingerprint density at radius 3 is 2.56 bits per heavy atom. The number of benzene rings is 1. The molecule has 18 heavy (non-hydrogen) atoms. The second kappa shape index (κ2) is 5.73. The van der Waals surface area contributed by atoms with Crippen LogP contribution in [0.2, 0.25) is 0 Å². The Bertz CT molecular complexity index is 430. The summed E-state index contributed by atoms with van der Waals surface area (Å²) >= 11 is 0. The summed E-state index contributed by atoms with van der Waals surface area (Å²) < 4.78 is 10.4. The van der Waals surface area contributed by atoms with E-state index < -0.39 is 5.97 Å². The number of carbonyl (C=O) groups is 1. The third-order valence-electron chi connectivity index (χ3n) is 2.79. The lowest BCUT2D eigenvalue weighted by molar-refractivity contribution is -0.00559. The molecule has 0 saturated carbocycles. The van der Waals surface area contributed by atoms with Crippen LogP contribution in [-0.2, 0) is 9.47 Å². The molecular formula is C13H20N2O3. The summed E-state index contributed by atoms with van der Waals surface area (Å²) in [5.74, 6) is -0.445. The van der Waals surface area contributed by atoms with Crippen molar-refractivity contribution >= 4 is 17.3 Å². The first-order valence-electron chi connectivity index (χ1n) is 5.73. The molecule has 1 aromatic rings. The fraction of sp³-hybridized carbons (Fsp3) is 0.462. The molecule has 0 amide bonds. The molecule has 1 aromatic carbocycles. The zero-order valence-corrected chi connectivity index (χ0v) is 11.0. The number of nitrogen functional groups attached to an aromatic ring is 2. The quantitative estimate of drug-likeness (QED) is 0.616. The van der Waals surface area contributed by atoms with Crippen molar-refractivity contribution < 1.29 is 14.3 Å². The first-order valence-corrected chi connectivity index (χ1v) is 5.73. The van der Waals surface area contributed by atoms with E-state index in [0.29, 0.717) is 23.4 Å². The van der Waals surface area contributed by atoms with Gasteiger partial charge in [-0.15, -0.1) is 0 Å². The van der Waals surface area contributed by atoms with Crippen LogP contribution in [0.4, 0.5) is 11.4 Å². The second-order valence-electron chi connectivity index (χ2n) is 4.70.